The zero-order valence-corrected chi connectivity index (χ0v) is 16.2. The predicted octanol–water partition coefficient (Wildman–Crippen LogP) is 3.84. The Hall–Kier alpha value is -2.66. The van der Waals surface area contributed by atoms with E-state index in [0.29, 0.717) is 16.1 Å². The fourth-order valence-electron chi connectivity index (χ4n) is 3.34. The highest BCUT2D eigenvalue weighted by molar-refractivity contribution is 6.30. The average molecular weight is 385 g/mol. The molecular formula is C21H21ClN2O3. The molecule has 1 heterocycles. The van der Waals surface area contributed by atoms with Crippen molar-refractivity contribution in [1.82, 2.24) is 10.2 Å². The lowest BCUT2D eigenvalue weighted by Crippen LogP contribution is -2.52. The lowest BCUT2D eigenvalue weighted by molar-refractivity contribution is -0.127. The number of amides is 3. The van der Waals surface area contributed by atoms with Crippen LogP contribution in [-0.2, 0) is 4.79 Å². The maximum Gasteiger partial charge on any atom is 0.262 e. The van der Waals surface area contributed by atoms with Crippen molar-refractivity contribution in [3.8, 4) is 0 Å². The molecule has 140 valence electrons. The fourth-order valence-corrected chi connectivity index (χ4v) is 3.54. The maximum absolute atomic E-state index is 13.0. The van der Waals surface area contributed by atoms with Crippen LogP contribution in [0.1, 0.15) is 53.1 Å². The molecule has 0 aliphatic carbocycles. The van der Waals surface area contributed by atoms with Crippen molar-refractivity contribution in [3.63, 3.8) is 0 Å². The second-order valence-electron chi connectivity index (χ2n) is 7.00. The Balaban J connectivity index is 1.85. The molecule has 0 spiro atoms. The molecule has 0 bridgehead atoms. The Morgan fingerprint density at radius 1 is 0.963 bits per heavy atom. The number of hydrogen-bond acceptors (Lipinski definition) is 3. The third kappa shape index (κ3) is 3.60. The normalized spacial score (nSPS) is 15.7. The molecule has 0 aromatic heterocycles. The van der Waals surface area contributed by atoms with Crippen molar-refractivity contribution in [2.24, 2.45) is 5.92 Å². The summed E-state index contributed by atoms with van der Waals surface area (Å²) in [5.41, 5.74) is 1.52. The first-order chi connectivity index (χ1) is 12.8. The van der Waals surface area contributed by atoms with Gasteiger partial charge in [-0.15, -0.1) is 0 Å². The van der Waals surface area contributed by atoms with Gasteiger partial charge >= 0.3 is 0 Å². The average Bonchev–Trinajstić information content (AvgIpc) is 2.87. The maximum atomic E-state index is 13.0. The fraction of sp³-hybridized carbons (Fsp3) is 0.286. The summed E-state index contributed by atoms with van der Waals surface area (Å²) in [7, 11) is 0. The van der Waals surface area contributed by atoms with Crippen LogP contribution in [-0.4, -0.2) is 28.7 Å². The predicted molar refractivity (Wildman–Crippen MR) is 104 cm³/mol. The van der Waals surface area contributed by atoms with Gasteiger partial charge in [0.05, 0.1) is 17.2 Å². The zero-order valence-electron chi connectivity index (χ0n) is 15.4. The third-order valence-corrected chi connectivity index (χ3v) is 4.95. The van der Waals surface area contributed by atoms with Gasteiger partial charge in [-0.1, -0.05) is 49.7 Å². The number of nitrogens with one attached hydrogen (secondary N) is 1. The summed E-state index contributed by atoms with van der Waals surface area (Å²) in [4.78, 5) is 39.6. The Bertz CT molecular complexity index is 875. The number of nitrogens with zero attached hydrogens (tertiary/aromatic N) is 1. The van der Waals surface area contributed by atoms with E-state index in [9.17, 15) is 14.4 Å². The summed E-state index contributed by atoms with van der Waals surface area (Å²) in [5.74, 6) is -1.47. The summed E-state index contributed by atoms with van der Waals surface area (Å²) < 4.78 is 0. The highest BCUT2D eigenvalue weighted by Crippen LogP contribution is 2.28. The molecule has 2 unspecified atom stereocenters. The SMILES string of the molecule is CC(NC(=O)C(C(C)C)N1C(=O)c2ccccc2C1=O)c1cccc(Cl)c1. The summed E-state index contributed by atoms with van der Waals surface area (Å²) >= 11 is 6.02. The van der Waals surface area contributed by atoms with Crippen molar-refractivity contribution >= 4 is 29.3 Å². The van der Waals surface area contributed by atoms with E-state index in [1.807, 2.05) is 32.9 Å². The van der Waals surface area contributed by atoms with Crippen molar-refractivity contribution in [2.45, 2.75) is 32.9 Å². The van der Waals surface area contributed by atoms with Gasteiger partial charge in [-0.2, -0.15) is 0 Å². The van der Waals surface area contributed by atoms with E-state index in [0.717, 1.165) is 10.5 Å². The zero-order chi connectivity index (χ0) is 19.7. The molecule has 1 N–H and O–H groups in total. The van der Waals surface area contributed by atoms with E-state index in [1.165, 1.54) is 0 Å². The molecule has 3 rings (SSSR count). The number of imide groups is 1. The van der Waals surface area contributed by atoms with Crippen LogP contribution < -0.4 is 5.32 Å². The Morgan fingerprint density at radius 2 is 1.56 bits per heavy atom. The Kier molecular flexibility index (Phi) is 5.33. The minimum absolute atomic E-state index is 0.237. The third-order valence-electron chi connectivity index (χ3n) is 4.71. The number of rotatable bonds is 5. The summed E-state index contributed by atoms with van der Waals surface area (Å²) in [6.07, 6.45) is 0. The summed E-state index contributed by atoms with van der Waals surface area (Å²) in [6.45, 7) is 5.47. The highest BCUT2D eigenvalue weighted by Gasteiger charge is 2.44. The van der Waals surface area contributed by atoms with E-state index in [2.05, 4.69) is 5.32 Å². The van der Waals surface area contributed by atoms with Crippen molar-refractivity contribution in [2.75, 3.05) is 0 Å². The van der Waals surface area contributed by atoms with E-state index >= 15 is 0 Å². The van der Waals surface area contributed by atoms with Gasteiger partial charge in [0.2, 0.25) is 5.91 Å². The van der Waals surface area contributed by atoms with Crippen LogP contribution in [0.15, 0.2) is 48.5 Å². The molecule has 0 saturated carbocycles. The molecule has 3 amide bonds. The van der Waals surface area contributed by atoms with Crippen LogP contribution in [0, 0.1) is 5.92 Å². The van der Waals surface area contributed by atoms with Crippen molar-refractivity contribution < 1.29 is 14.4 Å². The lowest BCUT2D eigenvalue weighted by atomic mass is 10.00. The molecular weight excluding hydrogens is 364 g/mol. The molecule has 1 aliphatic heterocycles. The van der Waals surface area contributed by atoms with Crippen LogP contribution in [0.2, 0.25) is 5.02 Å². The molecule has 0 fully saturated rings. The van der Waals surface area contributed by atoms with Gasteiger partial charge in [0.25, 0.3) is 11.8 Å². The van der Waals surface area contributed by atoms with E-state index in [1.54, 1.807) is 36.4 Å². The van der Waals surface area contributed by atoms with Gasteiger partial charge in [0.1, 0.15) is 6.04 Å². The second-order valence-corrected chi connectivity index (χ2v) is 7.44. The molecule has 0 saturated heterocycles. The lowest BCUT2D eigenvalue weighted by Gasteiger charge is -2.29. The first kappa shape index (κ1) is 19.1. The molecule has 6 heteroatoms. The highest BCUT2D eigenvalue weighted by atomic mass is 35.5. The molecule has 5 nitrogen and oxygen atoms in total. The molecule has 27 heavy (non-hydrogen) atoms. The van der Waals surface area contributed by atoms with E-state index in [-0.39, 0.29) is 17.9 Å². The largest absolute Gasteiger partial charge is 0.348 e. The van der Waals surface area contributed by atoms with Gasteiger partial charge in [0, 0.05) is 5.02 Å². The van der Waals surface area contributed by atoms with Crippen LogP contribution >= 0.6 is 11.6 Å². The first-order valence-electron chi connectivity index (χ1n) is 8.84. The summed E-state index contributed by atoms with van der Waals surface area (Å²) in [6, 6.07) is 12.6. The summed E-state index contributed by atoms with van der Waals surface area (Å²) in [5, 5.41) is 3.48. The number of benzene rings is 2. The monoisotopic (exact) mass is 384 g/mol. The van der Waals surface area contributed by atoms with Gasteiger partial charge in [-0.3, -0.25) is 19.3 Å². The number of halogens is 1. The van der Waals surface area contributed by atoms with Crippen LogP contribution in [0.3, 0.4) is 0 Å². The number of carbonyl (C=O) groups excluding carboxylic acids is 3. The van der Waals surface area contributed by atoms with Crippen LogP contribution in [0.5, 0.6) is 0 Å². The topological polar surface area (TPSA) is 66.5 Å². The van der Waals surface area contributed by atoms with Gasteiger partial charge in [0.15, 0.2) is 0 Å². The molecule has 0 radical (unpaired) electrons. The van der Waals surface area contributed by atoms with Crippen molar-refractivity contribution in [3.05, 3.63) is 70.2 Å². The standard InChI is InChI=1S/C21H21ClN2O3/c1-12(2)18(19(25)23-13(3)14-7-6-8-15(22)11-14)24-20(26)16-9-4-5-10-17(16)21(24)27/h4-13,18H,1-3H3,(H,23,25). The molecule has 2 atom stereocenters. The molecule has 2 aromatic rings. The number of fused-ring (bicyclic) bond motifs is 1. The first-order valence-corrected chi connectivity index (χ1v) is 9.21. The minimum atomic E-state index is -0.890. The second kappa shape index (κ2) is 7.53. The number of hydrogen-bond donors (Lipinski definition) is 1. The van der Waals surface area contributed by atoms with E-state index < -0.39 is 17.9 Å². The Morgan fingerprint density at radius 3 is 2.07 bits per heavy atom. The van der Waals surface area contributed by atoms with Crippen LogP contribution in [0.4, 0.5) is 0 Å². The number of carbonyl (C=O) groups is 3. The smallest absolute Gasteiger partial charge is 0.262 e. The van der Waals surface area contributed by atoms with Gasteiger partial charge < -0.3 is 5.32 Å². The Labute approximate surface area is 163 Å². The van der Waals surface area contributed by atoms with E-state index in [4.69, 9.17) is 11.6 Å². The van der Waals surface area contributed by atoms with Crippen LogP contribution in [0.25, 0.3) is 0 Å². The molecule has 1 aliphatic rings. The van der Waals surface area contributed by atoms with Crippen molar-refractivity contribution in [1.29, 1.82) is 0 Å². The van der Waals surface area contributed by atoms with Gasteiger partial charge in [-0.05, 0) is 42.7 Å². The molecule has 2 aromatic carbocycles. The quantitative estimate of drug-likeness (QED) is 0.796. The van der Waals surface area contributed by atoms with Gasteiger partial charge in [-0.25, -0.2) is 0 Å². The minimum Gasteiger partial charge on any atom is -0.348 e.